The first-order chi connectivity index (χ1) is 9.60. The van der Waals surface area contributed by atoms with Crippen LogP contribution in [0, 0.1) is 3.57 Å². The van der Waals surface area contributed by atoms with Gasteiger partial charge in [0, 0.05) is 27.9 Å². The van der Waals surface area contributed by atoms with Crippen LogP contribution in [0.2, 0.25) is 0 Å². The summed E-state index contributed by atoms with van der Waals surface area (Å²) in [4.78, 5) is 14.3. The number of halogens is 1. The Kier molecular flexibility index (Phi) is 5.00. The molecule has 0 saturated heterocycles. The summed E-state index contributed by atoms with van der Waals surface area (Å²) in [5.41, 5.74) is 8.27. The summed E-state index contributed by atoms with van der Waals surface area (Å²) < 4.78 is 1.06. The normalized spacial score (nSPS) is 10.3. The number of amides is 1. The number of hydrogen-bond donors (Lipinski definition) is 1. The summed E-state index contributed by atoms with van der Waals surface area (Å²) in [5, 5.41) is 0. The maximum atomic E-state index is 12.5. The fourth-order valence-electron chi connectivity index (χ4n) is 2.04. The SMILES string of the molecule is CCN(Cc1cccc(N)c1)C(=O)c1cccc(I)c1. The summed E-state index contributed by atoms with van der Waals surface area (Å²) in [7, 11) is 0. The first-order valence-corrected chi connectivity index (χ1v) is 7.57. The predicted octanol–water partition coefficient (Wildman–Crippen LogP) is 3.54. The molecule has 2 N–H and O–H groups in total. The highest BCUT2D eigenvalue weighted by Gasteiger charge is 2.14. The largest absolute Gasteiger partial charge is 0.399 e. The standard InChI is InChI=1S/C16H17IN2O/c1-2-19(11-12-5-3-8-15(18)9-12)16(20)13-6-4-7-14(17)10-13/h3-10H,2,11,18H2,1H3. The van der Waals surface area contributed by atoms with E-state index in [2.05, 4.69) is 22.6 Å². The van der Waals surface area contributed by atoms with E-state index in [9.17, 15) is 4.79 Å². The van der Waals surface area contributed by atoms with Crippen molar-refractivity contribution in [3.63, 3.8) is 0 Å². The van der Waals surface area contributed by atoms with Gasteiger partial charge in [-0.05, 0) is 65.4 Å². The zero-order chi connectivity index (χ0) is 14.5. The van der Waals surface area contributed by atoms with Gasteiger partial charge in [-0.2, -0.15) is 0 Å². The molecule has 0 aliphatic rings. The van der Waals surface area contributed by atoms with Crippen molar-refractivity contribution in [3.05, 3.63) is 63.2 Å². The van der Waals surface area contributed by atoms with Crippen LogP contribution in [0.4, 0.5) is 5.69 Å². The van der Waals surface area contributed by atoms with Gasteiger partial charge in [-0.25, -0.2) is 0 Å². The van der Waals surface area contributed by atoms with Gasteiger partial charge in [-0.3, -0.25) is 4.79 Å². The van der Waals surface area contributed by atoms with E-state index in [4.69, 9.17) is 5.73 Å². The molecule has 0 aromatic heterocycles. The molecule has 0 radical (unpaired) electrons. The van der Waals surface area contributed by atoms with E-state index in [0.717, 1.165) is 20.4 Å². The predicted molar refractivity (Wildman–Crippen MR) is 90.4 cm³/mol. The van der Waals surface area contributed by atoms with Crippen molar-refractivity contribution < 1.29 is 4.79 Å². The fourth-order valence-corrected chi connectivity index (χ4v) is 2.59. The molecule has 104 valence electrons. The van der Waals surface area contributed by atoms with E-state index in [0.29, 0.717) is 13.1 Å². The molecule has 2 aromatic carbocycles. The minimum absolute atomic E-state index is 0.0495. The molecular formula is C16H17IN2O. The molecule has 4 heteroatoms. The van der Waals surface area contributed by atoms with Crippen molar-refractivity contribution in [2.45, 2.75) is 13.5 Å². The lowest BCUT2D eigenvalue weighted by atomic mass is 10.1. The van der Waals surface area contributed by atoms with Gasteiger partial charge in [-0.15, -0.1) is 0 Å². The zero-order valence-corrected chi connectivity index (χ0v) is 13.5. The molecule has 2 rings (SSSR count). The Balaban J connectivity index is 2.18. The van der Waals surface area contributed by atoms with Crippen LogP contribution in [-0.2, 0) is 6.54 Å². The number of carbonyl (C=O) groups is 1. The van der Waals surface area contributed by atoms with Crippen molar-refractivity contribution in [1.29, 1.82) is 0 Å². The average Bonchev–Trinajstić information content (AvgIpc) is 2.44. The highest BCUT2D eigenvalue weighted by Crippen LogP contribution is 2.14. The first kappa shape index (κ1) is 14.8. The number of nitrogen functional groups attached to an aromatic ring is 1. The van der Waals surface area contributed by atoms with Gasteiger partial charge in [0.2, 0.25) is 0 Å². The number of carbonyl (C=O) groups excluding carboxylic acids is 1. The molecule has 3 nitrogen and oxygen atoms in total. The van der Waals surface area contributed by atoms with Crippen LogP contribution in [-0.4, -0.2) is 17.4 Å². The van der Waals surface area contributed by atoms with E-state index in [1.165, 1.54) is 0 Å². The van der Waals surface area contributed by atoms with E-state index in [-0.39, 0.29) is 5.91 Å². The third-order valence-electron chi connectivity index (χ3n) is 3.06. The van der Waals surface area contributed by atoms with Crippen LogP contribution in [0.5, 0.6) is 0 Å². The molecule has 20 heavy (non-hydrogen) atoms. The Morgan fingerprint density at radius 3 is 2.60 bits per heavy atom. The second kappa shape index (κ2) is 6.74. The number of anilines is 1. The highest BCUT2D eigenvalue weighted by molar-refractivity contribution is 14.1. The van der Waals surface area contributed by atoms with E-state index < -0.39 is 0 Å². The van der Waals surface area contributed by atoms with Gasteiger partial charge in [-0.1, -0.05) is 18.2 Å². The molecule has 0 aliphatic heterocycles. The van der Waals surface area contributed by atoms with Gasteiger partial charge in [0.05, 0.1) is 0 Å². The van der Waals surface area contributed by atoms with Crippen LogP contribution < -0.4 is 5.73 Å². The summed E-state index contributed by atoms with van der Waals surface area (Å²) >= 11 is 2.21. The number of hydrogen-bond acceptors (Lipinski definition) is 2. The quantitative estimate of drug-likeness (QED) is 0.652. The van der Waals surface area contributed by atoms with Crippen molar-refractivity contribution in [1.82, 2.24) is 4.90 Å². The van der Waals surface area contributed by atoms with Gasteiger partial charge < -0.3 is 10.6 Å². The molecule has 0 bridgehead atoms. The zero-order valence-electron chi connectivity index (χ0n) is 11.3. The third-order valence-corrected chi connectivity index (χ3v) is 3.74. The Hall–Kier alpha value is -1.56. The highest BCUT2D eigenvalue weighted by atomic mass is 127. The fraction of sp³-hybridized carbons (Fsp3) is 0.188. The van der Waals surface area contributed by atoms with Crippen LogP contribution >= 0.6 is 22.6 Å². The number of rotatable bonds is 4. The first-order valence-electron chi connectivity index (χ1n) is 6.49. The maximum Gasteiger partial charge on any atom is 0.254 e. The second-order valence-corrected chi connectivity index (χ2v) is 5.82. The molecule has 0 aliphatic carbocycles. The van der Waals surface area contributed by atoms with Gasteiger partial charge >= 0.3 is 0 Å². The molecule has 0 spiro atoms. The van der Waals surface area contributed by atoms with Gasteiger partial charge in [0.15, 0.2) is 0 Å². The topological polar surface area (TPSA) is 46.3 Å². The minimum Gasteiger partial charge on any atom is -0.399 e. The van der Waals surface area contributed by atoms with Crippen molar-refractivity contribution in [2.75, 3.05) is 12.3 Å². The Bertz CT molecular complexity index is 613. The van der Waals surface area contributed by atoms with Crippen LogP contribution in [0.15, 0.2) is 48.5 Å². The van der Waals surface area contributed by atoms with Crippen molar-refractivity contribution >= 4 is 34.2 Å². The third kappa shape index (κ3) is 3.72. The lowest BCUT2D eigenvalue weighted by Crippen LogP contribution is -2.30. The average molecular weight is 380 g/mol. The Morgan fingerprint density at radius 2 is 1.95 bits per heavy atom. The Morgan fingerprint density at radius 1 is 1.20 bits per heavy atom. The van der Waals surface area contributed by atoms with E-state index >= 15 is 0 Å². The van der Waals surface area contributed by atoms with Crippen LogP contribution in [0.1, 0.15) is 22.8 Å². The monoisotopic (exact) mass is 380 g/mol. The van der Waals surface area contributed by atoms with Gasteiger partial charge in [0.25, 0.3) is 5.91 Å². The Labute approximate surface area is 132 Å². The van der Waals surface area contributed by atoms with Crippen LogP contribution in [0.3, 0.4) is 0 Å². The van der Waals surface area contributed by atoms with E-state index in [1.54, 1.807) is 0 Å². The maximum absolute atomic E-state index is 12.5. The summed E-state index contributed by atoms with van der Waals surface area (Å²) in [6.07, 6.45) is 0. The van der Waals surface area contributed by atoms with Crippen molar-refractivity contribution in [2.24, 2.45) is 0 Å². The number of nitrogens with two attached hydrogens (primary N) is 1. The van der Waals surface area contributed by atoms with E-state index in [1.807, 2.05) is 60.4 Å². The van der Waals surface area contributed by atoms with Crippen LogP contribution in [0.25, 0.3) is 0 Å². The smallest absolute Gasteiger partial charge is 0.254 e. The molecule has 0 heterocycles. The molecular weight excluding hydrogens is 363 g/mol. The summed E-state index contributed by atoms with van der Waals surface area (Å²) in [5.74, 6) is 0.0495. The summed E-state index contributed by atoms with van der Waals surface area (Å²) in [6.45, 7) is 3.23. The molecule has 0 atom stereocenters. The number of benzene rings is 2. The lowest BCUT2D eigenvalue weighted by Gasteiger charge is -2.21. The number of nitrogens with zero attached hydrogens (tertiary/aromatic N) is 1. The summed E-state index contributed by atoms with van der Waals surface area (Å²) in [6, 6.07) is 15.3. The van der Waals surface area contributed by atoms with Crippen molar-refractivity contribution in [3.8, 4) is 0 Å². The molecule has 0 unspecified atom stereocenters. The molecule has 2 aromatic rings. The minimum atomic E-state index is 0.0495. The van der Waals surface area contributed by atoms with Gasteiger partial charge in [0.1, 0.15) is 0 Å². The molecule has 0 fully saturated rings. The lowest BCUT2D eigenvalue weighted by molar-refractivity contribution is 0.0752. The molecule has 0 saturated carbocycles. The second-order valence-electron chi connectivity index (χ2n) is 4.57. The molecule has 1 amide bonds.